The number of rotatable bonds is 4. The summed E-state index contributed by atoms with van der Waals surface area (Å²) in [5.41, 5.74) is 0. The molecule has 3 atom stereocenters. The molecule has 2 saturated carbocycles. The molecule has 2 saturated heterocycles. The topological polar surface area (TPSA) is 75.7 Å². The lowest BCUT2D eigenvalue weighted by atomic mass is 9.83. The number of fused-ring (bicyclic) bond motifs is 1. The number of carbonyl (C=O) groups excluding carboxylic acids is 1. The molecule has 130 valence electrons. The number of hydrogen-bond donors (Lipinski definition) is 1. The first-order valence-corrected chi connectivity index (χ1v) is 10.5. The van der Waals surface area contributed by atoms with Crippen LogP contribution in [0.2, 0.25) is 0 Å². The first-order chi connectivity index (χ1) is 11.1. The van der Waals surface area contributed by atoms with Crippen LogP contribution in [0.25, 0.3) is 0 Å². The van der Waals surface area contributed by atoms with Gasteiger partial charge in [0.15, 0.2) is 0 Å². The molecular formula is C16H26N2O4S. The Labute approximate surface area is 138 Å². The second-order valence-electron chi connectivity index (χ2n) is 7.52. The lowest BCUT2D eigenvalue weighted by Crippen LogP contribution is -2.55. The number of nitrogens with one attached hydrogen (secondary N) is 1. The maximum atomic E-state index is 12.8. The van der Waals surface area contributed by atoms with Crippen LogP contribution >= 0.6 is 0 Å². The van der Waals surface area contributed by atoms with Gasteiger partial charge in [0.1, 0.15) is 0 Å². The Morgan fingerprint density at radius 3 is 2.48 bits per heavy atom. The van der Waals surface area contributed by atoms with Gasteiger partial charge in [-0.2, -0.15) is 4.31 Å². The van der Waals surface area contributed by atoms with Crippen molar-refractivity contribution in [3.8, 4) is 0 Å². The highest BCUT2D eigenvalue weighted by Gasteiger charge is 2.50. The van der Waals surface area contributed by atoms with E-state index in [0.717, 1.165) is 32.1 Å². The van der Waals surface area contributed by atoms with Crippen molar-refractivity contribution in [2.45, 2.75) is 62.3 Å². The number of ether oxygens (including phenoxy) is 1. The van der Waals surface area contributed by atoms with Crippen molar-refractivity contribution in [3.63, 3.8) is 0 Å². The van der Waals surface area contributed by atoms with E-state index in [1.165, 1.54) is 17.1 Å². The van der Waals surface area contributed by atoms with Crippen molar-refractivity contribution in [1.82, 2.24) is 9.62 Å². The lowest BCUT2D eigenvalue weighted by molar-refractivity contribution is -0.130. The second kappa shape index (κ2) is 6.01. The molecule has 2 aliphatic carbocycles. The van der Waals surface area contributed by atoms with Gasteiger partial charge >= 0.3 is 0 Å². The largest absolute Gasteiger partial charge is 0.377 e. The van der Waals surface area contributed by atoms with Crippen LogP contribution < -0.4 is 5.32 Å². The summed E-state index contributed by atoms with van der Waals surface area (Å²) in [6.45, 7) is 1.40. The fraction of sp³-hybridized carbons (Fsp3) is 0.938. The Hall–Kier alpha value is -0.660. The quantitative estimate of drug-likeness (QED) is 0.823. The lowest BCUT2D eigenvalue weighted by Gasteiger charge is -2.39. The summed E-state index contributed by atoms with van der Waals surface area (Å²) < 4.78 is 32.5. The number of nitrogens with zero attached hydrogens (tertiary/aromatic N) is 1. The summed E-state index contributed by atoms with van der Waals surface area (Å²) in [6, 6.07) is 0.277. The van der Waals surface area contributed by atoms with Crippen molar-refractivity contribution in [3.05, 3.63) is 0 Å². The summed E-state index contributed by atoms with van der Waals surface area (Å²) in [7, 11) is -3.25. The maximum Gasteiger partial charge on any atom is 0.225 e. The number of hydrogen-bond acceptors (Lipinski definition) is 4. The van der Waals surface area contributed by atoms with Crippen molar-refractivity contribution < 1.29 is 17.9 Å². The predicted octanol–water partition coefficient (Wildman–Crippen LogP) is 0.874. The van der Waals surface area contributed by atoms with E-state index in [9.17, 15) is 13.2 Å². The highest BCUT2D eigenvalue weighted by atomic mass is 32.2. The van der Waals surface area contributed by atoms with Crippen LogP contribution in [-0.4, -0.2) is 55.7 Å². The summed E-state index contributed by atoms with van der Waals surface area (Å²) in [5.74, 6) is -0.0551. The van der Waals surface area contributed by atoms with Crippen LogP contribution in [0.1, 0.15) is 44.9 Å². The molecular weight excluding hydrogens is 316 g/mol. The van der Waals surface area contributed by atoms with Gasteiger partial charge in [-0.05, 0) is 32.1 Å². The SMILES string of the molecule is O=C(NC1CCCC1)[C@H]1CN(S(=O)(=O)C2CC2)C[C@H]2OCC[C@@H]12. The van der Waals surface area contributed by atoms with E-state index >= 15 is 0 Å². The maximum absolute atomic E-state index is 12.8. The summed E-state index contributed by atoms with van der Waals surface area (Å²) in [6.07, 6.45) is 6.71. The van der Waals surface area contributed by atoms with Crippen molar-refractivity contribution in [2.24, 2.45) is 11.8 Å². The molecule has 0 spiro atoms. The number of amides is 1. The Bertz CT molecular complexity index is 569. The molecule has 7 heteroatoms. The minimum absolute atomic E-state index is 0.0353. The van der Waals surface area contributed by atoms with E-state index in [0.29, 0.717) is 19.7 Å². The zero-order chi connectivity index (χ0) is 16.0. The third kappa shape index (κ3) is 3.03. The van der Waals surface area contributed by atoms with E-state index in [4.69, 9.17) is 4.74 Å². The molecule has 6 nitrogen and oxygen atoms in total. The van der Waals surface area contributed by atoms with E-state index in [1.807, 2.05) is 0 Å². The molecule has 4 fully saturated rings. The third-order valence-corrected chi connectivity index (χ3v) is 8.24. The van der Waals surface area contributed by atoms with Crippen molar-refractivity contribution >= 4 is 15.9 Å². The average molecular weight is 342 g/mol. The summed E-state index contributed by atoms with van der Waals surface area (Å²) in [4.78, 5) is 12.8. The fourth-order valence-corrected chi connectivity index (χ4v) is 6.26. The van der Waals surface area contributed by atoms with Gasteiger partial charge in [-0.25, -0.2) is 8.42 Å². The number of sulfonamides is 1. The fourth-order valence-electron chi connectivity index (χ4n) is 4.38. The van der Waals surface area contributed by atoms with Crippen LogP contribution in [-0.2, 0) is 19.6 Å². The zero-order valence-electron chi connectivity index (χ0n) is 13.4. The highest BCUT2D eigenvalue weighted by molar-refractivity contribution is 7.90. The smallest absolute Gasteiger partial charge is 0.225 e. The Morgan fingerprint density at radius 2 is 1.78 bits per heavy atom. The monoisotopic (exact) mass is 342 g/mol. The van der Waals surface area contributed by atoms with Gasteiger partial charge in [0.05, 0.1) is 17.3 Å². The molecule has 2 aliphatic heterocycles. The minimum Gasteiger partial charge on any atom is -0.377 e. The predicted molar refractivity (Wildman–Crippen MR) is 85.3 cm³/mol. The van der Waals surface area contributed by atoms with E-state index < -0.39 is 10.0 Å². The van der Waals surface area contributed by atoms with Crippen LogP contribution in [0.4, 0.5) is 0 Å². The van der Waals surface area contributed by atoms with Gasteiger partial charge in [-0.1, -0.05) is 12.8 Å². The molecule has 0 aromatic heterocycles. The molecule has 1 amide bonds. The van der Waals surface area contributed by atoms with E-state index in [1.54, 1.807) is 0 Å². The average Bonchev–Trinajstić information content (AvgIpc) is 3.08. The van der Waals surface area contributed by atoms with Crippen LogP contribution in [0.3, 0.4) is 0 Å². The Kier molecular flexibility index (Phi) is 4.14. The van der Waals surface area contributed by atoms with Gasteiger partial charge in [0.25, 0.3) is 0 Å². The summed E-state index contributed by atoms with van der Waals surface area (Å²) in [5, 5.41) is 2.94. The molecule has 23 heavy (non-hydrogen) atoms. The molecule has 0 aromatic rings. The molecule has 1 N–H and O–H groups in total. The Morgan fingerprint density at radius 1 is 1.04 bits per heavy atom. The van der Waals surface area contributed by atoms with Crippen LogP contribution in [0.15, 0.2) is 0 Å². The van der Waals surface area contributed by atoms with Crippen molar-refractivity contribution in [2.75, 3.05) is 19.7 Å². The second-order valence-corrected chi connectivity index (χ2v) is 9.73. The Balaban J connectivity index is 1.50. The third-order valence-electron chi connectivity index (χ3n) is 5.91. The molecule has 0 unspecified atom stereocenters. The van der Waals surface area contributed by atoms with E-state index in [2.05, 4.69) is 5.32 Å². The minimum atomic E-state index is -3.25. The molecule has 4 aliphatic rings. The van der Waals surface area contributed by atoms with E-state index in [-0.39, 0.29) is 35.1 Å². The first kappa shape index (κ1) is 15.8. The number of piperidine rings is 1. The molecule has 2 heterocycles. The zero-order valence-corrected chi connectivity index (χ0v) is 14.3. The van der Waals surface area contributed by atoms with Gasteiger partial charge in [0, 0.05) is 31.7 Å². The van der Waals surface area contributed by atoms with Crippen molar-refractivity contribution in [1.29, 1.82) is 0 Å². The molecule has 0 bridgehead atoms. The van der Waals surface area contributed by atoms with Gasteiger partial charge in [-0.15, -0.1) is 0 Å². The van der Waals surface area contributed by atoms with Gasteiger partial charge in [0.2, 0.25) is 15.9 Å². The first-order valence-electron chi connectivity index (χ1n) is 8.96. The molecule has 4 rings (SSSR count). The normalized spacial score (nSPS) is 36.1. The number of carbonyl (C=O) groups is 1. The van der Waals surface area contributed by atoms with Gasteiger partial charge < -0.3 is 10.1 Å². The summed E-state index contributed by atoms with van der Waals surface area (Å²) >= 11 is 0. The van der Waals surface area contributed by atoms with Crippen LogP contribution in [0, 0.1) is 11.8 Å². The standard InChI is InChI=1S/C16H26N2O4S/c19-16(17-11-3-1-2-4-11)14-9-18(23(20,21)12-5-6-12)10-15-13(14)7-8-22-15/h11-15H,1-10H2,(H,17,19)/t13-,14-,15+/m0/s1. The molecule has 0 aromatic carbocycles. The van der Waals surface area contributed by atoms with Crippen LogP contribution in [0.5, 0.6) is 0 Å². The highest BCUT2D eigenvalue weighted by Crippen LogP contribution is 2.39. The van der Waals surface area contributed by atoms with Gasteiger partial charge in [-0.3, -0.25) is 4.79 Å². The molecule has 0 radical (unpaired) electrons.